The summed E-state index contributed by atoms with van der Waals surface area (Å²) in [6, 6.07) is 13.2. The Bertz CT molecular complexity index is 1310. The van der Waals surface area contributed by atoms with Crippen LogP contribution >= 0.6 is 27.3 Å². The Hall–Kier alpha value is -3.30. The van der Waals surface area contributed by atoms with Crippen LogP contribution in [0.15, 0.2) is 58.6 Å². The molecule has 3 aromatic rings. The minimum absolute atomic E-state index is 0.0401. The predicted molar refractivity (Wildman–Crippen MR) is 133 cm³/mol. The summed E-state index contributed by atoms with van der Waals surface area (Å²) in [6.45, 7) is 5.46. The van der Waals surface area contributed by atoms with Gasteiger partial charge in [0.05, 0.1) is 23.9 Å². The Morgan fingerprint density at radius 2 is 1.76 bits per heavy atom. The van der Waals surface area contributed by atoms with E-state index in [0.717, 1.165) is 21.4 Å². The first-order chi connectivity index (χ1) is 16.2. The molecule has 9 heteroatoms. The van der Waals surface area contributed by atoms with Crippen LogP contribution in [0.5, 0.6) is 0 Å². The summed E-state index contributed by atoms with van der Waals surface area (Å²) in [5.74, 6) is -2.46. The number of esters is 1. The number of carbonyl (C=O) groups is 3. The molecule has 1 unspecified atom stereocenters. The fourth-order valence-corrected chi connectivity index (χ4v) is 4.98. The fraction of sp³-hybridized carbons (Fsp3) is 0.200. The summed E-state index contributed by atoms with van der Waals surface area (Å²) in [4.78, 5) is 44.7. The molecule has 1 aliphatic rings. The number of halogens is 1. The van der Waals surface area contributed by atoms with Gasteiger partial charge in [-0.2, -0.15) is 0 Å². The predicted octanol–water partition coefficient (Wildman–Crippen LogP) is 5.33. The number of aliphatic hydroxyl groups excluding tert-OH is 1. The van der Waals surface area contributed by atoms with Crippen molar-refractivity contribution in [1.29, 1.82) is 0 Å². The molecule has 34 heavy (non-hydrogen) atoms. The summed E-state index contributed by atoms with van der Waals surface area (Å²) in [5.41, 5.74) is 2.39. The minimum atomic E-state index is -0.921. The lowest BCUT2D eigenvalue weighted by molar-refractivity contribution is -0.132. The number of aryl methyl sites for hydroxylation is 2. The molecule has 1 saturated heterocycles. The number of carbonyl (C=O) groups excluding carboxylic acids is 3. The van der Waals surface area contributed by atoms with Crippen LogP contribution in [-0.4, -0.2) is 34.4 Å². The van der Waals surface area contributed by atoms with Crippen molar-refractivity contribution in [1.82, 2.24) is 4.98 Å². The lowest BCUT2D eigenvalue weighted by Gasteiger charge is -2.23. The van der Waals surface area contributed by atoms with Crippen LogP contribution in [0.3, 0.4) is 0 Å². The van der Waals surface area contributed by atoms with E-state index in [1.165, 1.54) is 4.90 Å². The van der Waals surface area contributed by atoms with Gasteiger partial charge in [-0.05, 0) is 38.5 Å². The average Bonchev–Trinajstić information content (AvgIpc) is 3.31. The number of Topliss-reactive ketones (excluding diaryl/α,β-unsaturated/α-hetero) is 1. The molecule has 1 aromatic heterocycles. The van der Waals surface area contributed by atoms with Crippen molar-refractivity contribution in [3.05, 3.63) is 85.8 Å². The third-order valence-electron chi connectivity index (χ3n) is 5.41. The molecule has 1 amide bonds. The first-order valence-corrected chi connectivity index (χ1v) is 12.1. The monoisotopic (exact) mass is 540 g/mol. The molecule has 0 aliphatic carbocycles. The van der Waals surface area contributed by atoms with Gasteiger partial charge in [0.15, 0.2) is 5.13 Å². The van der Waals surface area contributed by atoms with Gasteiger partial charge in [0.2, 0.25) is 0 Å². The zero-order valence-electron chi connectivity index (χ0n) is 18.7. The number of amides is 1. The van der Waals surface area contributed by atoms with Crippen LogP contribution in [0.1, 0.15) is 45.0 Å². The van der Waals surface area contributed by atoms with E-state index in [1.807, 2.05) is 19.1 Å². The quantitative estimate of drug-likeness (QED) is 0.203. The third kappa shape index (κ3) is 4.28. The SMILES string of the molecule is CCOC(=O)c1sc(N2C(=O)C(=O)/C(=C(/O)c3ccc(C)cc3)C2c2ccc(Br)cc2)nc1C. The van der Waals surface area contributed by atoms with Crippen molar-refractivity contribution < 1.29 is 24.2 Å². The zero-order valence-corrected chi connectivity index (χ0v) is 21.1. The van der Waals surface area contributed by atoms with Crippen molar-refractivity contribution in [2.75, 3.05) is 11.5 Å². The normalized spacial score (nSPS) is 17.3. The maximum atomic E-state index is 13.2. The first kappa shape index (κ1) is 23.8. The van der Waals surface area contributed by atoms with Gasteiger partial charge in [-0.3, -0.25) is 14.5 Å². The van der Waals surface area contributed by atoms with E-state index in [2.05, 4.69) is 20.9 Å². The van der Waals surface area contributed by atoms with Crippen molar-refractivity contribution in [2.45, 2.75) is 26.8 Å². The second kappa shape index (κ2) is 9.52. The maximum Gasteiger partial charge on any atom is 0.350 e. The zero-order chi connectivity index (χ0) is 24.6. The van der Waals surface area contributed by atoms with Gasteiger partial charge in [0.25, 0.3) is 5.78 Å². The lowest BCUT2D eigenvalue weighted by atomic mass is 9.95. The van der Waals surface area contributed by atoms with Crippen LogP contribution in [0.2, 0.25) is 0 Å². The van der Waals surface area contributed by atoms with E-state index in [-0.39, 0.29) is 27.9 Å². The topological polar surface area (TPSA) is 96.8 Å². The highest BCUT2D eigenvalue weighted by Crippen LogP contribution is 2.44. The number of rotatable bonds is 5. The molecule has 0 spiro atoms. The molecule has 1 atom stereocenters. The van der Waals surface area contributed by atoms with Crippen LogP contribution < -0.4 is 4.90 Å². The van der Waals surface area contributed by atoms with E-state index >= 15 is 0 Å². The standard InChI is InChI=1S/C25H21BrN2O5S/c1-4-33-24(32)22-14(3)27-25(34-22)28-19(15-9-11-17(26)12-10-15)18(21(30)23(28)31)20(29)16-7-5-13(2)6-8-16/h5-12,19,29H,4H2,1-3H3/b20-18+. The number of nitrogens with zero attached hydrogens (tertiary/aromatic N) is 2. The first-order valence-electron chi connectivity index (χ1n) is 10.5. The largest absolute Gasteiger partial charge is 0.507 e. The fourth-order valence-electron chi connectivity index (χ4n) is 3.73. The van der Waals surface area contributed by atoms with Gasteiger partial charge in [-0.15, -0.1) is 0 Å². The Morgan fingerprint density at radius 3 is 2.38 bits per heavy atom. The second-order valence-electron chi connectivity index (χ2n) is 7.72. The molecule has 0 radical (unpaired) electrons. The number of thiazole rings is 1. The molecular weight excluding hydrogens is 520 g/mol. The summed E-state index contributed by atoms with van der Waals surface area (Å²) in [6.07, 6.45) is 0. The molecular formula is C25H21BrN2O5S. The van der Waals surface area contributed by atoms with Gasteiger partial charge in [0.1, 0.15) is 10.6 Å². The number of ether oxygens (including phenoxy) is 1. The van der Waals surface area contributed by atoms with Gasteiger partial charge in [-0.1, -0.05) is 69.2 Å². The number of aliphatic hydroxyl groups is 1. The summed E-state index contributed by atoms with van der Waals surface area (Å²) >= 11 is 4.38. The Balaban J connectivity index is 1.90. The van der Waals surface area contributed by atoms with Crippen LogP contribution in [0.25, 0.3) is 5.76 Å². The molecule has 7 nitrogen and oxygen atoms in total. The highest BCUT2D eigenvalue weighted by Gasteiger charge is 2.48. The van der Waals surface area contributed by atoms with Crippen molar-refractivity contribution in [3.63, 3.8) is 0 Å². The Morgan fingerprint density at radius 1 is 1.12 bits per heavy atom. The molecule has 4 rings (SSSR count). The van der Waals surface area contributed by atoms with Crippen molar-refractivity contribution in [2.24, 2.45) is 0 Å². The van der Waals surface area contributed by atoms with Gasteiger partial charge < -0.3 is 9.84 Å². The van der Waals surface area contributed by atoms with E-state index in [4.69, 9.17) is 4.74 Å². The van der Waals surface area contributed by atoms with E-state index in [9.17, 15) is 19.5 Å². The number of benzene rings is 2. The highest BCUT2D eigenvalue weighted by molar-refractivity contribution is 9.10. The van der Waals surface area contributed by atoms with E-state index < -0.39 is 23.7 Å². The summed E-state index contributed by atoms with van der Waals surface area (Å²) in [7, 11) is 0. The highest BCUT2D eigenvalue weighted by atomic mass is 79.9. The third-order valence-corrected chi connectivity index (χ3v) is 7.07. The number of ketones is 1. The number of hydrogen-bond donors (Lipinski definition) is 1. The molecule has 2 aromatic carbocycles. The van der Waals surface area contributed by atoms with Crippen molar-refractivity contribution in [3.8, 4) is 0 Å². The van der Waals surface area contributed by atoms with Crippen LogP contribution in [0, 0.1) is 13.8 Å². The minimum Gasteiger partial charge on any atom is -0.507 e. The molecule has 1 aliphatic heterocycles. The van der Waals surface area contributed by atoms with Gasteiger partial charge >= 0.3 is 11.9 Å². The molecule has 2 heterocycles. The van der Waals surface area contributed by atoms with Crippen molar-refractivity contribution >= 4 is 55.8 Å². The molecule has 0 bridgehead atoms. The molecule has 1 fully saturated rings. The van der Waals surface area contributed by atoms with Gasteiger partial charge in [0, 0.05) is 10.0 Å². The lowest BCUT2D eigenvalue weighted by Crippen LogP contribution is -2.29. The van der Waals surface area contributed by atoms with E-state index in [0.29, 0.717) is 16.8 Å². The molecule has 1 N–H and O–H groups in total. The number of aromatic nitrogens is 1. The molecule has 174 valence electrons. The number of hydrogen-bond acceptors (Lipinski definition) is 7. The van der Waals surface area contributed by atoms with E-state index in [1.54, 1.807) is 50.2 Å². The van der Waals surface area contributed by atoms with Crippen LogP contribution in [0.4, 0.5) is 5.13 Å². The van der Waals surface area contributed by atoms with Gasteiger partial charge in [-0.25, -0.2) is 9.78 Å². The Labute approximate surface area is 208 Å². The average molecular weight is 541 g/mol. The smallest absolute Gasteiger partial charge is 0.350 e. The maximum absolute atomic E-state index is 13.2. The second-order valence-corrected chi connectivity index (χ2v) is 9.61. The molecule has 0 saturated carbocycles. The summed E-state index contributed by atoms with van der Waals surface area (Å²) < 4.78 is 5.91. The number of anilines is 1. The summed E-state index contributed by atoms with van der Waals surface area (Å²) in [5, 5.41) is 11.3. The Kier molecular flexibility index (Phi) is 6.67. The van der Waals surface area contributed by atoms with Crippen LogP contribution in [-0.2, 0) is 14.3 Å².